The van der Waals surface area contributed by atoms with Crippen LogP contribution in [-0.4, -0.2) is 48.7 Å². The zero-order valence-corrected chi connectivity index (χ0v) is 7.86. The van der Waals surface area contributed by atoms with Crippen molar-refractivity contribution < 1.29 is 9.59 Å². The number of amides is 3. The average Bonchev–Trinajstić information content (AvgIpc) is 2.47. The van der Waals surface area contributed by atoms with Crippen LogP contribution in [0, 0.1) is 0 Å². The Balaban J connectivity index is 2.52. The maximum atomic E-state index is 11.2. The van der Waals surface area contributed by atoms with Crippen LogP contribution >= 0.6 is 0 Å². The first-order valence-electron chi connectivity index (χ1n) is 4.16. The molecule has 0 saturated carbocycles. The van der Waals surface area contributed by atoms with E-state index in [-0.39, 0.29) is 5.91 Å². The van der Waals surface area contributed by atoms with E-state index in [4.69, 9.17) is 0 Å². The molecule has 13 heavy (non-hydrogen) atoms. The molecular weight excluding hydrogens is 170 g/mol. The van der Waals surface area contributed by atoms with E-state index in [1.165, 1.54) is 11.2 Å². The quantitative estimate of drug-likeness (QED) is 0.434. The number of hydrogen-bond acceptors (Lipinski definition) is 2. The van der Waals surface area contributed by atoms with Crippen LogP contribution in [0.25, 0.3) is 0 Å². The van der Waals surface area contributed by atoms with Crippen molar-refractivity contribution in [2.24, 2.45) is 4.99 Å². The lowest BCUT2D eigenvalue weighted by molar-refractivity contribution is -0.125. The minimum Gasteiger partial charge on any atom is -0.369 e. The number of urea groups is 1. The van der Waals surface area contributed by atoms with Gasteiger partial charge in [0.15, 0.2) is 0 Å². The Labute approximate surface area is 77.0 Å². The van der Waals surface area contributed by atoms with Crippen molar-refractivity contribution >= 4 is 18.3 Å². The Morgan fingerprint density at radius 2 is 2.31 bits per heavy atom. The molecule has 0 aromatic carbocycles. The van der Waals surface area contributed by atoms with Crippen molar-refractivity contribution in [2.45, 2.75) is 12.8 Å². The number of hydrogen-bond donors (Lipinski definition) is 0. The SMILES string of the molecule is CN(C)C=NC(=O)N1CCCC1=O. The van der Waals surface area contributed by atoms with Crippen molar-refractivity contribution in [1.82, 2.24) is 9.80 Å². The van der Waals surface area contributed by atoms with Gasteiger partial charge >= 0.3 is 6.03 Å². The summed E-state index contributed by atoms with van der Waals surface area (Å²) in [6.45, 7) is 0.502. The molecule has 5 heteroatoms. The number of likely N-dealkylation sites (tertiary alicyclic amines) is 1. The fourth-order valence-corrected chi connectivity index (χ4v) is 1.08. The van der Waals surface area contributed by atoms with E-state index in [0.717, 1.165) is 6.42 Å². The summed E-state index contributed by atoms with van der Waals surface area (Å²) in [4.78, 5) is 28.8. The average molecular weight is 183 g/mol. The number of carbonyl (C=O) groups excluding carboxylic acids is 2. The second kappa shape index (κ2) is 4.02. The first-order valence-corrected chi connectivity index (χ1v) is 4.16. The lowest BCUT2D eigenvalue weighted by Gasteiger charge is -2.09. The number of nitrogens with zero attached hydrogens (tertiary/aromatic N) is 3. The molecule has 1 saturated heterocycles. The lowest BCUT2D eigenvalue weighted by atomic mass is 10.4. The predicted octanol–water partition coefficient (Wildman–Crippen LogP) is 0.319. The normalized spacial score (nSPS) is 17.1. The van der Waals surface area contributed by atoms with Crippen LogP contribution in [0.15, 0.2) is 4.99 Å². The molecule has 0 radical (unpaired) electrons. The molecule has 0 atom stereocenters. The maximum absolute atomic E-state index is 11.2. The van der Waals surface area contributed by atoms with Crippen LogP contribution < -0.4 is 0 Å². The number of carbonyl (C=O) groups is 2. The van der Waals surface area contributed by atoms with Crippen LogP contribution in [0.4, 0.5) is 4.79 Å². The molecule has 1 fully saturated rings. The van der Waals surface area contributed by atoms with Gasteiger partial charge in [0.25, 0.3) is 0 Å². The Hall–Kier alpha value is -1.39. The van der Waals surface area contributed by atoms with E-state index < -0.39 is 6.03 Å². The van der Waals surface area contributed by atoms with Crippen LogP contribution in [0.2, 0.25) is 0 Å². The maximum Gasteiger partial charge on any atom is 0.351 e. The molecular formula is C8H13N3O2. The van der Waals surface area contributed by atoms with Gasteiger partial charge in [0.1, 0.15) is 0 Å². The summed E-state index contributed by atoms with van der Waals surface area (Å²) < 4.78 is 0. The van der Waals surface area contributed by atoms with Gasteiger partial charge in [-0.1, -0.05) is 0 Å². The minimum atomic E-state index is -0.462. The van der Waals surface area contributed by atoms with Crippen molar-refractivity contribution in [1.29, 1.82) is 0 Å². The molecule has 0 aromatic rings. The molecule has 0 N–H and O–H groups in total. The van der Waals surface area contributed by atoms with E-state index in [1.54, 1.807) is 19.0 Å². The van der Waals surface area contributed by atoms with Crippen molar-refractivity contribution in [3.05, 3.63) is 0 Å². The van der Waals surface area contributed by atoms with Gasteiger partial charge in [-0.2, -0.15) is 4.99 Å². The summed E-state index contributed by atoms with van der Waals surface area (Å²) >= 11 is 0. The van der Waals surface area contributed by atoms with E-state index >= 15 is 0 Å². The molecule has 1 aliphatic heterocycles. The van der Waals surface area contributed by atoms with Gasteiger partial charge in [-0.05, 0) is 6.42 Å². The smallest absolute Gasteiger partial charge is 0.351 e. The third-order valence-corrected chi connectivity index (χ3v) is 1.70. The molecule has 1 heterocycles. The third kappa shape index (κ3) is 2.54. The topological polar surface area (TPSA) is 53.0 Å². The van der Waals surface area contributed by atoms with Gasteiger partial charge in [0.05, 0.1) is 6.34 Å². The zero-order chi connectivity index (χ0) is 9.84. The van der Waals surface area contributed by atoms with Crippen LogP contribution in [0.3, 0.4) is 0 Å². The Morgan fingerprint density at radius 1 is 1.62 bits per heavy atom. The molecule has 5 nitrogen and oxygen atoms in total. The first-order chi connectivity index (χ1) is 6.11. The number of imide groups is 1. The van der Waals surface area contributed by atoms with Crippen molar-refractivity contribution in [2.75, 3.05) is 20.6 Å². The number of rotatable bonds is 1. The van der Waals surface area contributed by atoms with Gasteiger partial charge in [-0.3, -0.25) is 9.69 Å². The Morgan fingerprint density at radius 3 is 2.77 bits per heavy atom. The third-order valence-electron chi connectivity index (χ3n) is 1.70. The van der Waals surface area contributed by atoms with E-state index in [9.17, 15) is 9.59 Å². The van der Waals surface area contributed by atoms with Crippen LogP contribution in [0.1, 0.15) is 12.8 Å². The van der Waals surface area contributed by atoms with Gasteiger partial charge in [-0.15, -0.1) is 0 Å². The Bertz CT molecular complexity index is 248. The zero-order valence-electron chi connectivity index (χ0n) is 7.86. The molecule has 0 aromatic heterocycles. The highest BCUT2D eigenvalue weighted by molar-refractivity contribution is 5.98. The molecule has 3 amide bonds. The summed E-state index contributed by atoms with van der Waals surface area (Å²) in [6, 6.07) is -0.462. The molecule has 1 aliphatic rings. The molecule has 1 rings (SSSR count). The second-order valence-electron chi connectivity index (χ2n) is 3.14. The summed E-state index contributed by atoms with van der Waals surface area (Å²) in [5.41, 5.74) is 0. The van der Waals surface area contributed by atoms with Crippen LogP contribution in [-0.2, 0) is 4.79 Å². The molecule has 0 bridgehead atoms. The first kappa shape index (κ1) is 9.70. The number of aliphatic imine (C=N–C) groups is 1. The fourth-order valence-electron chi connectivity index (χ4n) is 1.08. The highest BCUT2D eigenvalue weighted by atomic mass is 16.2. The highest BCUT2D eigenvalue weighted by Gasteiger charge is 2.25. The van der Waals surface area contributed by atoms with E-state index in [0.29, 0.717) is 13.0 Å². The van der Waals surface area contributed by atoms with Gasteiger partial charge in [-0.25, -0.2) is 4.79 Å². The summed E-state index contributed by atoms with van der Waals surface area (Å²) in [5, 5.41) is 0. The van der Waals surface area contributed by atoms with Crippen molar-refractivity contribution in [3.8, 4) is 0 Å². The molecule has 0 spiro atoms. The van der Waals surface area contributed by atoms with Gasteiger partial charge in [0.2, 0.25) is 5.91 Å². The Kier molecular flexibility index (Phi) is 3.00. The minimum absolute atomic E-state index is 0.124. The second-order valence-corrected chi connectivity index (χ2v) is 3.14. The van der Waals surface area contributed by atoms with E-state index in [2.05, 4.69) is 4.99 Å². The summed E-state index contributed by atoms with van der Waals surface area (Å²) in [7, 11) is 3.53. The van der Waals surface area contributed by atoms with Crippen molar-refractivity contribution in [3.63, 3.8) is 0 Å². The fraction of sp³-hybridized carbons (Fsp3) is 0.625. The molecule has 72 valence electrons. The standard InChI is InChI=1S/C8H13N3O2/c1-10(2)6-9-8(13)11-5-3-4-7(11)12/h6H,3-5H2,1-2H3. The largest absolute Gasteiger partial charge is 0.369 e. The van der Waals surface area contributed by atoms with Gasteiger partial charge in [0, 0.05) is 27.1 Å². The van der Waals surface area contributed by atoms with E-state index in [1.807, 2.05) is 0 Å². The van der Waals surface area contributed by atoms with Gasteiger partial charge < -0.3 is 4.90 Å². The van der Waals surface area contributed by atoms with Crippen LogP contribution in [0.5, 0.6) is 0 Å². The predicted molar refractivity (Wildman–Crippen MR) is 48.5 cm³/mol. The molecule has 0 aliphatic carbocycles. The lowest BCUT2D eigenvalue weighted by Crippen LogP contribution is -2.29. The summed E-state index contributed by atoms with van der Waals surface area (Å²) in [6.07, 6.45) is 2.61. The highest BCUT2D eigenvalue weighted by Crippen LogP contribution is 2.10. The summed E-state index contributed by atoms with van der Waals surface area (Å²) in [5.74, 6) is -0.124. The monoisotopic (exact) mass is 183 g/mol. The molecule has 0 unspecified atom stereocenters.